The van der Waals surface area contributed by atoms with Gasteiger partial charge in [-0.1, -0.05) is 0 Å². The summed E-state index contributed by atoms with van der Waals surface area (Å²) in [5.74, 6) is 0.796. The number of likely N-dealkylation sites (tertiary alicyclic amines) is 1. The van der Waals surface area contributed by atoms with Crippen LogP contribution < -0.4 is 10.1 Å². The molecule has 6 nitrogen and oxygen atoms in total. The Morgan fingerprint density at radius 1 is 1.20 bits per heavy atom. The predicted octanol–water partition coefficient (Wildman–Crippen LogP) is 2.44. The molecular weight excluding hydrogens is 320 g/mol. The number of anilines is 1. The summed E-state index contributed by atoms with van der Waals surface area (Å²) >= 11 is 0. The van der Waals surface area contributed by atoms with Crippen molar-refractivity contribution < 1.29 is 19.1 Å². The minimum Gasteiger partial charge on any atom is -0.484 e. The fourth-order valence-electron chi connectivity index (χ4n) is 3.17. The van der Waals surface area contributed by atoms with Crippen LogP contribution in [0.25, 0.3) is 0 Å². The molecule has 0 spiro atoms. The third-order valence-electron chi connectivity index (χ3n) is 5.16. The zero-order valence-electron chi connectivity index (χ0n) is 14.9. The lowest BCUT2D eigenvalue weighted by atomic mass is 9.99. The second kappa shape index (κ2) is 7.44. The predicted molar refractivity (Wildman–Crippen MR) is 94.5 cm³/mol. The lowest BCUT2D eigenvalue weighted by Gasteiger charge is -2.26. The molecule has 0 aromatic heterocycles. The van der Waals surface area contributed by atoms with E-state index in [1.54, 1.807) is 31.4 Å². The summed E-state index contributed by atoms with van der Waals surface area (Å²) < 4.78 is 11.0. The van der Waals surface area contributed by atoms with Gasteiger partial charge in [0.2, 0.25) is 0 Å². The normalized spacial score (nSPS) is 19.4. The van der Waals surface area contributed by atoms with Crippen LogP contribution in [0.15, 0.2) is 24.3 Å². The molecule has 0 radical (unpaired) electrons. The number of amides is 2. The fraction of sp³-hybridized carbons (Fsp3) is 0.579. The Morgan fingerprint density at radius 3 is 2.40 bits per heavy atom. The third-order valence-corrected chi connectivity index (χ3v) is 5.16. The van der Waals surface area contributed by atoms with Crippen LogP contribution in [0, 0.1) is 5.92 Å². The van der Waals surface area contributed by atoms with E-state index in [1.165, 1.54) is 0 Å². The lowest BCUT2D eigenvalue weighted by Crippen LogP contribution is -2.44. The molecule has 1 unspecified atom stereocenters. The summed E-state index contributed by atoms with van der Waals surface area (Å²) in [6.45, 7) is 3.54. The smallest absolute Gasteiger partial charge is 0.260 e. The molecule has 1 atom stereocenters. The first-order valence-electron chi connectivity index (χ1n) is 8.90. The highest BCUT2D eigenvalue weighted by molar-refractivity contribution is 5.97. The van der Waals surface area contributed by atoms with Crippen molar-refractivity contribution in [3.63, 3.8) is 0 Å². The zero-order valence-corrected chi connectivity index (χ0v) is 14.9. The first kappa shape index (κ1) is 17.7. The van der Waals surface area contributed by atoms with Crippen molar-refractivity contribution in [2.24, 2.45) is 5.92 Å². The summed E-state index contributed by atoms with van der Waals surface area (Å²) in [6, 6.07) is 7.06. The van der Waals surface area contributed by atoms with Gasteiger partial charge in [0.05, 0.1) is 0 Å². The molecule has 1 aromatic carbocycles. The van der Waals surface area contributed by atoms with Gasteiger partial charge >= 0.3 is 0 Å². The molecule has 1 saturated heterocycles. The van der Waals surface area contributed by atoms with Gasteiger partial charge in [-0.3, -0.25) is 9.59 Å². The van der Waals surface area contributed by atoms with Crippen molar-refractivity contribution in [1.29, 1.82) is 0 Å². The number of carbonyl (C=O) groups excluding carboxylic acids is 2. The average molecular weight is 346 g/mol. The Labute approximate surface area is 148 Å². The van der Waals surface area contributed by atoms with Crippen LogP contribution in [0.3, 0.4) is 0 Å². The average Bonchev–Trinajstić information content (AvgIpc) is 3.35. The highest BCUT2D eigenvalue weighted by atomic mass is 16.5. The van der Waals surface area contributed by atoms with Crippen molar-refractivity contribution in [2.45, 2.75) is 38.2 Å². The van der Waals surface area contributed by atoms with E-state index < -0.39 is 5.60 Å². The molecule has 1 aromatic rings. The number of carbonyl (C=O) groups is 2. The number of nitrogens with zero attached hydrogens (tertiary/aromatic N) is 1. The van der Waals surface area contributed by atoms with Crippen LogP contribution in [-0.4, -0.2) is 49.1 Å². The number of benzene rings is 1. The Balaban J connectivity index is 1.51. The second-order valence-electron chi connectivity index (χ2n) is 6.94. The van der Waals surface area contributed by atoms with Crippen LogP contribution in [0.4, 0.5) is 5.69 Å². The van der Waals surface area contributed by atoms with Crippen LogP contribution >= 0.6 is 0 Å². The van der Waals surface area contributed by atoms with Gasteiger partial charge in [-0.15, -0.1) is 0 Å². The van der Waals surface area contributed by atoms with Crippen molar-refractivity contribution in [2.75, 3.05) is 32.1 Å². The molecule has 2 fully saturated rings. The molecule has 0 bridgehead atoms. The van der Waals surface area contributed by atoms with Gasteiger partial charge in [0.1, 0.15) is 11.4 Å². The molecule has 2 amide bonds. The maximum absolute atomic E-state index is 12.5. The summed E-state index contributed by atoms with van der Waals surface area (Å²) in [5, 5.41) is 2.90. The van der Waals surface area contributed by atoms with Gasteiger partial charge in [-0.2, -0.15) is 0 Å². The van der Waals surface area contributed by atoms with Gasteiger partial charge in [-0.05, 0) is 62.8 Å². The molecule has 1 aliphatic carbocycles. The molecule has 25 heavy (non-hydrogen) atoms. The summed E-state index contributed by atoms with van der Waals surface area (Å²) in [7, 11) is 1.58. The largest absolute Gasteiger partial charge is 0.484 e. The molecule has 1 heterocycles. The van der Waals surface area contributed by atoms with Gasteiger partial charge < -0.3 is 19.7 Å². The van der Waals surface area contributed by atoms with E-state index in [4.69, 9.17) is 9.47 Å². The molecule has 6 heteroatoms. The first-order chi connectivity index (χ1) is 12.0. The topological polar surface area (TPSA) is 67.9 Å². The highest BCUT2D eigenvalue weighted by Crippen LogP contribution is 2.42. The van der Waals surface area contributed by atoms with Crippen molar-refractivity contribution in [1.82, 2.24) is 4.90 Å². The number of rotatable bonds is 7. The molecule has 3 rings (SSSR count). The molecule has 2 aliphatic rings. The van der Waals surface area contributed by atoms with Crippen molar-refractivity contribution >= 4 is 17.5 Å². The monoisotopic (exact) mass is 346 g/mol. The van der Waals surface area contributed by atoms with E-state index in [0.717, 1.165) is 38.8 Å². The quantitative estimate of drug-likeness (QED) is 0.823. The van der Waals surface area contributed by atoms with E-state index in [-0.39, 0.29) is 24.3 Å². The van der Waals surface area contributed by atoms with Crippen LogP contribution in [0.1, 0.15) is 32.6 Å². The molecule has 1 saturated carbocycles. The maximum Gasteiger partial charge on any atom is 0.260 e. The van der Waals surface area contributed by atoms with Crippen molar-refractivity contribution in [3.8, 4) is 5.75 Å². The number of hydrogen-bond acceptors (Lipinski definition) is 4. The number of ether oxygens (including phenoxy) is 2. The van der Waals surface area contributed by atoms with Gasteiger partial charge in [-0.25, -0.2) is 0 Å². The SMILES string of the molecule is COC(C)(C(=O)Nc1ccc(OCC(=O)N2CCCC2)cc1)C1CC1. The zero-order chi connectivity index (χ0) is 17.9. The van der Waals surface area contributed by atoms with Crippen LogP contribution in [0.5, 0.6) is 5.75 Å². The molecule has 136 valence electrons. The van der Waals surface area contributed by atoms with Crippen LogP contribution in [-0.2, 0) is 14.3 Å². The Kier molecular flexibility index (Phi) is 5.27. The minimum absolute atomic E-state index is 0.0233. The van der Waals surface area contributed by atoms with Gasteiger partial charge in [0.25, 0.3) is 11.8 Å². The van der Waals surface area contributed by atoms with E-state index in [9.17, 15) is 9.59 Å². The first-order valence-corrected chi connectivity index (χ1v) is 8.90. The fourth-order valence-corrected chi connectivity index (χ4v) is 3.17. The Bertz CT molecular complexity index is 621. The lowest BCUT2D eigenvalue weighted by molar-refractivity contribution is -0.138. The number of nitrogens with one attached hydrogen (secondary N) is 1. The summed E-state index contributed by atoms with van der Waals surface area (Å²) in [5.41, 5.74) is -0.0933. The van der Waals surface area contributed by atoms with E-state index in [1.807, 2.05) is 11.8 Å². The van der Waals surface area contributed by atoms with Crippen LogP contribution in [0.2, 0.25) is 0 Å². The van der Waals surface area contributed by atoms with E-state index in [0.29, 0.717) is 11.4 Å². The van der Waals surface area contributed by atoms with E-state index in [2.05, 4.69) is 5.32 Å². The van der Waals surface area contributed by atoms with E-state index >= 15 is 0 Å². The Hall–Kier alpha value is -2.08. The second-order valence-corrected chi connectivity index (χ2v) is 6.94. The minimum atomic E-state index is -0.780. The summed E-state index contributed by atoms with van der Waals surface area (Å²) in [4.78, 5) is 26.3. The van der Waals surface area contributed by atoms with Gasteiger partial charge in [0.15, 0.2) is 6.61 Å². The highest BCUT2D eigenvalue weighted by Gasteiger charge is 2.47. The number of hydrogen-bond donors (Lipinski definition) is 1. The summed E-state index contributed by atoms with van der Waals surface area (Å²) in [6.07, 6.45) is 4.19. The standard InChI is InChI=1S/C19H26N2O4/c1-19(24-2,14-5-6-14)18(23)20-15-7-9-16(10-8-15)25-13-17(22)21-11-3-4-12-21/h7-10,14H,3-6,11-13H2,1-2H3,(H,20,23). The third kappa shape index (κ3) is 4.12. The molecule has 1 aliphatic heterocycles. The maximum atomic E-state index is 12.5. The molecular formula is C19H26N2O4. The number of methoxy groups -OCH3 is 1. The van der Waals surface area contributed by atoms with Crippen molar-refractivity contribution in [3.05, 3.63) is 24.3 Å². The Morgan fingerprint density at radius 2 is 1.84 bits per heavy atom. The van der Waals surface area contributed by atoms with Gasteiger partial charge in [0, 0.05) is 25.9 Å². The molecule has 1 N–H and O–H groups in total.